The van der Waals surface area contributed by atoms with E-state index in [0.29, 0.717) is 29.2 Å². The molecule has 0 aliphatic rings. The number of anilines is 1. The number of nitrogens with two attached hydrogens (primary N) is 2. The van der Waals surface area contributed by atoms with Crippen molar-refractivity contribution in [2.45, 2.75) is 13.8 Å². The van der Waals surface area contributed by atoms with Crippen LogP contribution < -0.4 is 16.8 Å². The van der Waals surface area contributed by atoms with Gasteiger partial charge >= 0.3 is 0 Å². The Morgan fingerprint density at radius 2 is 2.19 bits per heavy atom. The summed E-state index contributed by atoms with van der Waals surface area (Å²) in [6.45, 7) is 3.49. The monoisotopic (exact) mass is 287 g/mol. The van der Waals surface area contributed by atoms with Crippen molar-refractivity contribution in [2.24, 2.45) is 21.5 Å². The number of carbonyl (C=O) groups excluding carboxylic acids is 1. The van der Waals surface area contributed by atoms with Gasteiger partial charge in [-0.05, 0) is 19.4 Å². The van der Waals surface area contributed by atoms with Crippen LogP contribution in [0, 0.1) is 12.3 Å². The minimum absolute atomic E-state index is 0.103. The molecule has 8 nitrogen and oxygen atoms in total. The summed E-state index contributed by atoms with van der Waals surface area (Å²) in [5.41, 5.74) is 13.7. The Morgan fingerprint density at radius 1 is 1.48 bits per heavy atom. The number of amides is 1. The fourth-order valence-electron chi connectivity index (χ4n) is 1.43. The zero-order chi connectivity index (χ0) is 15.8. The first-order valence-corrected chi connectivity index (χ1v) is 5.99. The summed E-state index contributed by atoms with van der Waals surface area (Å²) in [7, 11) is 0. The highest BCUT2D eigenvalue weighted by Crippen LogP contribution is 2.20. The van der Waals surface area contributed by atoms with E-state index in [0.717, 1.165) is 11.9 Å². The highest BCUT2D eigenvalue weighted by molar-refractivity contribution is 6.16. The lowest BCUT2D eigenvalue weighted by atomic mass is 10.2. The van der Waals surface area contributed by atoms with Crippen molar-refractivity contribution in [1.82, 2.24) is 4.98 Å². The molecule has 0 aliphatic carbocycles. The van der Waals surface area contributed by atoms with Crippen LogP contribution in [-0.4, -0.2) is 29.8 Å². The van der Waals surface area contributed by atoms with Gasteiger partial charge in [-0.25, -0.2) is 9.98 Å². The number of aromatic nitrogens is 1. The van der Waals surface area contributed by atoms with Gasteiger partial charge in [-0.2, -0.15) is 0 Å². The van der Waals surface area contributed by atoms with E-state index in [1.54, 1.807) is 19.2 Å². The molecule has 0 aromatic carbocycles. The number of rotatable bonds is 6. The lowest BCUT2D eigenvalue weighted by molar-refractivity contribution is -0.105. The minimum Gasteiger partial charge on any atom is -0.402 e. The molecule has 1 amide bonds. The summed E-state index contributed by atoms with van der Waals surface area (Å²) in [6.07, 6.45) is 4.42. The summed E-state index contributed by atoms with van der Waals surface area (Å²) in [5, 5.41) is 9.37. The first-order chi connectivity index (χ1) is 9.99. The standard InChI is InChI=1S/C13H17N7O/c1-8-4-18-12(20-7-21)3-11(8)17-5-10(9(2)15)13(16)19-6-14/h3-7H,15H2,1-2H3,(H3,14,16,19)(H,18,20,21)/b10-9+,17-5?. The second-order valence-corrected chi connectivity index (χ2v) is 4.12. The van der Waals surface area contributed by atoms with Crippen molar-refractivity contribution in [3.63, 3.8) is 0 Å². The minimum atomic E-state index is 0.103. The Morgan fingerprint density at radius 3 is 2.76 bits per heavy atom. The molecule has 21 heavy (non-hydrogen) atoms. The van der Waals surface area contributed by atoms with Crippen LogP contribution in [-0.2, 0) is 4.79 Å². The Labute approximate surface area is 122 Å². The predicted octanol–water partition coefficient (Wildman–Crippen LogP) is 0.858. The topological polar surface area (TPSA) is 143 Å². The van der Waals surface area contributed by atoms with Gasteiger partial charge in [-0.3, -0.25) is 15.2 Å². The third-order valence-electron chi connectivity index (χ3n) is 2.52. The SMILES string of the molecule is C/C(N)=C(/C=Nc1cc(NC=O)ncc1C)C(N)=NC=N. The fourth-order valence-corrected chi connectivity index (χ4v) is 1.43. The Balaban J connectivity index is 3.16. The Kier molecular flexibility index (Phi) is 5.75. The average Bonchev–Trinajstić information content (AvgIpc) is 2.42. The van der Waals surface area contributed by atoms with Gasteiger partial charge in [-0.15, -0.1) is 0 Å². The van der Waals surface area contributed by atoms with E-state index in [-0.39, 0.29) is 5.84 Å². The molecule has 110 valence electrons. The molecule has 1 heterocycles. The summed E-state index contributed by atoms with van der Waals surface area (Å²) in [6, 6.07) is 1.62. The Hall–Kier alpha value is -3.03. The second-order valence-electron chi connectivity index (χ2n) is 4.12. The van der Waals surface area contributed by atoms with Crippen molar-refractivity contribution < 1.29 is 4.79 Å². The van der Waals surface area contributed by atoms with E-state index < -0.39 is 0 Å². The van der Waals surface area contributed by atoms with Crippen molar-refractivity contribution in [3.05, 3.63) is 29.1 Å². The van der Waals surface area contributed by atoms with E-state index in [9.17, 15) is 4.79 Å². The van der Waals surface area contributed by atoms with Gasteiger partial charge in [0, 0.05) is 24.2 Å². The highest BCUT2D eigenvalue weighted by Gasteiger charge is 2.04. The van der Waals surface area contributed by atoms with Crippen LogP contribution in [0.2, 0.25) is 0 Å². The number of carbonyl (C=O) groups is 1. The number of nitrogens with zero attached hydrogens (tertiary/aromatic N) is 3. The van der Waals surface area contributed by atoms with Gasteiger partial charge in [0.1, 0.15) is 18.0 Å². The molecule has 0 atom stereocenters. The second kappa shape index (κ2) is 7.53. The van der Waals surface area contributed by atoms with Gasteiger partial charge < -0.3 is 16.8 Å². The fraction of sp³-hybridized carbons (Fsp3) is 0.154. The van der Waals surface area contributed by atoms with E-state index >= 15 is 0 Å². The molecule has 8 heteroatoms. The van der Waals surface area contributed by atoms with Crippen LogP contribution >= 0.6 is 0 Å². The molecular formula is C13H17N7O. The van der Waals surface area contributed by atoms with E-state index in [1.165, 1.54) is 6.21 Å². The number of aryl methyl sites for hydroxylation is 1. The first-order valence-electron chi connectivity index (χ1n) is 5.99. The van der Waals surface area contributed by atoms with Crippen LogP contribution in [0.15, 0.2) is 33.5 Å². The molecule has 1 aromatic rings. The average molecular weight is 287 g/mol. The molecule has 1 aromatic heterocycles. The van der Waals surface area contributed by atoms with Gasteiger partial charge in [0.2, 0.25) is 6.41 Å². The number of hydrogen-bond donors (Lipinski definition) is 4. The number of aliphatic imine (C=N–C) groups is 2. The van der Waals surface area contributed by atoms with E-state index in [4.69, 9.17) is 16.9 Å². The number of hydrogen-bond acceptors (Lipinski definition) is 5. The van der Waals surface area contributed by atoms with E-state index in [1.807, 2.05) is 6.92 Å². The predicted molar refractivity (Wildman–Crippen MR) is 84.1 cm³/mol. The molecule has 0 aliphatic heterocycles. The van der Waals surface area contributed by atoms with Crippen molar-refractivity contribution >= 4 is 36.3 Å². The number of nitrogens with one attached hydrogen (secondary N) is 2. The van der Waals surface area contributed by atoms with Crippen molar-refractivity contribution in [3.8, 4) is 0 Å². The van der Waals surface area contributed by atoms with Crippen LogP contribution in [0.4, 0.5) is 11.5 Å². The molecule has 6 N–H and O–H groups in total. The van der Waals surface area contributed by atoms with Crippen LogP contribution in [0.5, 0.6) is 0 Å². The summed E-state index contributed by atoms with van der Waals surface area (Å²) in [4.78, 5) is 22.4. The zero-order valence-electron chi connectivity index (χ0n) is 11.8. The van der Waals surface area contributed by atoms with Crippen molar-refractivity contribution in [2.75, 3.05) is 5.32 Å². The molecule has 1 rings (SSSR count). The van der Waals surface area contributed by atoms with Crippen molar-refractivity contribution in [1.29, 1.82) is 5.41 Å². The largest absolute Gasteiger partial charge is 0.402 e. The third-order valence-corrected chi connectivity index (χ3v) is 2.52. The van der Waals surface area contributed by atoms with Crippen LogP contribution in [0.1, 0.15) is 12.5 Å². The number of pyridine rings is 1. The molecule has 0 spiro atoms. The van der Waals surface area contributed by atoms with Crippen LogP contribution in [0.3, 0.4) is 0 Å². The lowest BCUT2D eigenvalue weighted by Crippen LogP contribution is -2.19. The Bertz CT molecular complexity index is 627. The van der Waals surface area contributed by atoms with E-state index in [2.05, 4.69) is 20.3 Å². The van der Waals surface area contributed by atoms with Crippen LogP contribution in [0.25, 0.3) is 0 Å². The normalized spacial score (nSPS) is 13.0. The quantitative estimate of drug-likeness (QED) is 0.349. The molecule has 0 radical (unpaired) electrons. The third kappa shape index (κ3) is 4.53. The smallest absolute Gasteiger partial charge is 0.212 e. The van der Waals surface area contributed by atoms with Gasteiger partial charge in [0.15, 0.2) is 0 Å². The summed E-state index contributed by atoms with van der Waals surface area (Å²) >= 11 is 0. The maximum Gasteiger partial charge on any atom is 0.212 e. The molecule has 0 fully saturated rings. The molecular weight excluding hydrogens is 270 g/mol. The molecule has 0 saturated carbocycles. The molecule has 0 bridgehead atoms. The lowest BCUT2D eigenvalue weighted by Gasteiger charge is -2.05. The number of allylic oxidation sites excluding steroid dienone is 1. The maximum atomic E-state index is 10.4. The highest BCUT2D eigenvalue weighted by atomic mass is 16.1. The maximum absolute atomic E-state index is 10.4. The number of amidine groups is 1. The molecule has 0 saturated heterocycles. The first kappa shape index (κ1) is 16.0. The summed E-state index contributed by atoms with van der Waals surface area (Å²) < 4.78 is 0. The van der Waals surface area contributed by atoms with Gasteiger partial charge in [-0.1, -0.05) is 0 Å². The van der Waals surface area contributed by atoms with Gasteiger partial charge in [0.25, 0.3) is 0 Å². The zero-order valence-corrected chi connectivity index (χ0v) is 11.8. The van der Waals surface area contributed by atoms with Gasteiger partial charge in [0.05, 0.1) is 11.3 Å². The molecule has 0 unspecified atom stereocenters. The summed E-state index contributed by atoms with van der Waals surface area (Å²) in [5.74, 6) is 0.491.